The van der Waals surface area contributed by atoms with Crippen molar-refractivity contribution in [3.8, 4) is 0 Å². The van der Waals surface area contributed by atoms with Crippen molar-refractivity contribution in [1.82, 2.24) is 10.2 Å². The maximum absolute atomic E-state index is 11.3. The van der Waals surface area contributed by atoms with Gasteiger partial charge in [0.25, 0.3) is 0 Å². The number of hydrogen-bond acceptors (Lipinski definition) is 3. The fourth-order valence-electron chi connectivity index (χ4n) is 2.64. The van der Waals surface area contributed by atoms with Crippen molar-refractivity contribution in [3.05, 3.63) is 29.8 Å². The Hall–Kier alpha value is -1.88. The topological polar surface area (TPSA) is 61.4 Å². The lowest BCUT2D eigenvalue weighted by Crippen LogP contribution is -2.44. The molecule has 0 bridgehead atoms. The normalized spacial score (nSPS) is 15.8. The minimum atomic E-state index is -0.0581. The summed E-state index contributed by atoms with van der Waals surface area (Å²) >= 11 is 0. The fourth-order valence-corrected chi connectivity index (χ4v) is 2.64. The molecule has 0 aliphatic carbocycles. The van der Waals surface area contributed by atoms with Crippen LogP contribution in [0.15, 0.2) is 24.3 Å². The quantitative estimate of drug-likeness (QED) is 0.887. The summed E-state index contributed by atoms with van der Waals surface area (Å²) in [6, 6.07) is 8.24. The van der Waals surface area contributed by atoms with Crippen LogP contribution in [-0.2, 0) is 16.1 Å². The molecule has 2 rings (SSSR count). The lowest BCUT2D eigenvalue weighted by atomic mass is 10.0. The number of likely N-dealkylation sites (tertiary alicyclic amines) is 1. The largest absolute Gasteiger partial charge is 0.343 e. The van der Waals surface area contributed by atoms with E-state index >= 15 is 0 Å². The standard InChI is InChI=1S/C16H23N3O2/c1-12(20)18-16-6-4-3-5-14(16)11-17-15-7-9-19(10-8-15)13(2)21/h3-6,15,17H,7-11H2,1-2H3,(H,18,20). The average molecular weight is 289 g/mol. The van der Waals surface area contributed by atoms with E-state index in [1.807, 2.05) is 29.2 Å². The first-order valence-electron chi connectivity index (χ1n) is 7.40. The number of anilines is 1. The lowest BCUT2D eigenvalue weighted by molar-refractivity contribution is -0.129. The molecule has 5 heteroatoms. The lowest BCUT2D eigenvalue weighted by Gasteiger charge is -2.32. The van der Waals surface area contributed by atoms with E-state index in [9.17, 15) is 9.59 Å². The Balaban J connectivity index is 1.86. The molecule has 5 nitrogen and oxygen atoms in total. The Labute approximate surface area is 125 Å². The molecule has 0 unspecified atom stereocenters. The first-order chi connectivity index (χ1) is 10.1. The van der Waals surface area contributed by atoms with E-state index < -0.39 is 0 Å². The molecule has 1 fully saturated rings. The zero-order valence-electron chi connectivity index (χ0n) is 12.7. The smallest absolute Gasteiger partial charge is 0.221 e. The van der Waals surface area contributed by atoms with Gasteiger partial charge in [0.15, 0.2) is 0 Å². The third-order valence-corrected chi connectivity index (χ3v) is 3.85. The van der Waals surface area contributed by atoms with Crippen molar-refractivity contribution in [2.24, 2.45) is 0 Å². The maximum atomic E-state index is 11.3. The highest BCUT2D eigenvalue weighted by molar-refractivity contribution is 5.89. The summed E-state index contributed by atoms with van der Waals surface area (Å²) in [6.45, 7) is 5.50. The molecule has 0 spiro atoms. The van der Waals surface area contributed by atoms with Gasteiger partial charge in [0.1, 0.15) is 0 Å². The van der Waals surface area contributed by atoms with E-state index in [1.165, 1.54) is 6.92 Å². The van der Waals surface area contributed by atoms with E-state index in [1.54, 1.807) is 6.92 Å². The van der Waals surface area contributed by atoms with Gasteiger partial charge in [-0.3, -0.25) is 9.59 Å². The number of nitrogens with zero attached hydrogens (tertiary/aromatic N) is 1. The number of amides is 2. The average Bonchev–Trinajstić information content (AvgIpc) is 2.46. The number of carbonyl (C=O) groups is 2. The van der Waals surface area contributed by atoms with Crippen LogP contribution < -0.4 is 10.6 Å². The molecule has 0 saturated carbocycles. The molecule has 1 heterocycles. The molecule has 21 heavy (non-hydrogen) atoms. The zero-order valence-corrected chi connectivity index (χ0v) is 12.7. The van der Waals surface area contributed by atoms with Gasteiger partial charge < -0.3 is 15.5 Å². The van der Waals surface area contributed by atoms with Gasteiger partial charge >= 0.3 is 0 Å². The van der Waals surface area contributed by atoms with Gasteiger partial charge in [-0.05, 0) is 24.5 Å². The second-order valence-electron chi connectivity index (χ2n) is 5.50. The van der Waals surface area contributed by atoms with Crippen molar-refractivity contribution in [1.29, 1.82) is 0 Å². The van der Waals surface area contributed by atoms with E-state index in [0.29, 0.717) is 6.04 Å². The second-order valence-corrected chi connectivity index (χ2v) is 5.50. The molecule has 2 amide bonds. The Bertz CT molecular complexity index is 508. The Kier molecular flexibility index (Phi) is 5.33. The number of para-hydroxylation sites is 1. The molecule has 1 aliphatic rings. The van der Waals surface area contributed by atoms with Gasteiger partial charge in [0.05, 0.1) is 0 Å². The number of rotatable bonds is 4. The number of piperidine rings is 1. The van der Waals surface area contributed by atoms with Crippen molar-refractivity contribution in [2.45, 2.75) is 39.3 Å². The van der Waals surface area contributed by atoms with Crippen molar-refractivity contribution < 1.29 is 9.59 Å². The van der Waals surface area contributed by atoms with Crippen LogP contribution in [0.4, 0.5) is 5.69 Å². The Morgan fingerprint density at radius 3 is 2.48 bits per heavy atom. The van der Waals surface area contributed by atoms with Crippen molar-refractivity contribution >= 4 is 17.5 Å². The molecule has 1 aliphatic heterocycles. The van der Waals surface area contributed by atoms with Crippen LogP contribution in [0.3, 0.4) is 0 Å². The second kappa shape index (κ2) is 7.22. The monoisotopic (exact) mass is 289 g/mol. The van der Waals surface area contributed by atoms with Crippen LogP contribution in [0.25, 0.3) is 0 Å². The van der Waals surface area contributed by atoms with Crippen molar-refractivity contribution in [2.75, 3.05) is 18.4 Å². The minimum absolute atomic E-state index is 0.0581. The van der Waals surface area contributed by atoms with Gasteiger partial charge in [0.2, 0.25) is 11.8 Å². The fraction of sp³-hybridized carbons (Fsp3) is 0.500. The van der Waals surface area contributed by atoms with E-state index in [4.69, 9.17) is 0 Å². The van der Waals surface area contributed by atoms with Gasteiger partial charge in [0, 0.05) is 45.2 Å². The predicted octanol–water partition coefficient (Wildman–Crippen LogP) is 1.75. The number of nitrogens with one attached hydrogen (secondary N) is 2. The third kappa shape index (κ3) is 4.56. The van der Waals surface area contributed by atoms with Crippen LogP contribution >= 0.6 is 0 Å². The molecule has 1 aromatic rings. The van der Waals surface area contributed by atoms with Gasteiger partial charge in [-0.15, -0.1) is 0 Å². The highest BCUT2D eigenvalue weighted by atomic mass is 16.2. The molecule has 1 aromatic carbocycles. The first kappa shape index (κ1) is 15.5. The predicted molar refractivity (Wildman–Crippen MR) is 82.9 cm³/mol. The summed E-state index contributed by atoms with van der Waals surface area (Å²) in [5, 5.41) is 6.37. The summed E-state index contributed by atoms with van der Waals surface area (Å²) in [6.07, 6.45) is 1.95. The number of hydrogen-bond donors (Lipinski definition) is 2. The van der Waals surface area contributed by atoms with E-state index in [-0.39, 0.29) is 11.8 Å². The van der Waals surface area contributed by atoms with Crippen LogP contribution in [0.2, 0.25) is 0 Å². The summed E-state index contributed by atoms with van der Waals surface area (Å²) < 4.78 is 0. The summed E-state index contributed by atoms with van der Waals surface area (Å²) in [4.78, 5) is 24.4. The summed E-state index contributed by atoms with van der Waals surface area (Å²) in [5.41, 5.74) is 1.94. The zero-order chi connectivity index (χ0) is 15.2. The van der Waals surface area contributed by atoms with Gasteiger partial charge in [-0.25, -0.2) is 0 Å². The Morgan fingerprint density at radius 1 is 1.19 bits per heavy atom. The molecule has 0 atom stereocenters. The maximum Gasteiger partial charge on any atom is 0.221 e. The van der Waals surface area contributed by atoms with E-state index in [2.05, 4.69) is 10.6 Å². The first-order valence-corrected chi connectivity index (χ1v) is 7.40. The summed E-state index contributed by atoms with van der Waals surface area (Å²) in [5.74, 6) is 0.0988. The molecule has 114 valence electrons. The number of carbonyl (C=O) groups excluding carboxylic acids is 2. The molecule has 0 radical (unpaired) electrons. The molecule has 2 N–H and O–H groups in total. The third-order valence-electron chi connectivity index (χ3n) is 3.85. The number of benzene rings is 1. The molecule has 0 aromatic heterocycles. The van der Waals surface area contributed by atoms with Crippen molar-refractivity contribution in [3.63, 3.8) is 0 Å². The van der Waals surface area contributed by atoms with Crippen LogP contribution in [0.1, 0.15) is 32.3 Å². The Morgan fingerprint density at radius 2 is 1.86 bits per heavy atom. The minimum Gasteiger partial charge on any atom is -0.343 e. The molecular weight excluding hydrogens is 266 g/mol. The van der Waals surface area contributed by atoms with Gasteiger partial charge in [-0.2, -0.15) is 0 Å². The van der Waals surface area contributed by atoms with E-state index in [0.717, 1.165) is 43.7 Å². The molecule has 1 saturated heterocycles. The SMILES string of the molecule is CC(=O)Nc1ccccc1CNC1CCN(C(C)=O)CC1. The van der Waals surface area contributed by atoms with Gasteiger partial charge in [-0.1, -0.05) is 18.2 Å². The highest BCUT2D eigenvalue weighted by Gasteiger charge is 2.20. The van der Waals surface area contributed by atoms with Crippen LogP contribution in [0.5, 0.6) is 0 Å². The molecular formula is C16H23N3O2. The van der Waals surface area contributed by atoms with Crippen LogP contribution in [-0.4, -0.2) is 35.8 Å². The van der Waals surface area contributed by atoms with Crippen LogP contribution in [0, 0.1) is 0 Å². The summed E-state index contributed by atoms with van der Waals surface area (Å²) in [7, 11) is 0. The highest BCUT2D eigenvalue weighted by Crippen LogP contribution is 2.16.